The Hall–Kier alpha value is -1.98. The van der Waals surface area contributed by atoms with Crippen LogP contribution in [0.2, 0.25) is 0 Å². The molecule has 0 atom stereocenters. The molecular formula is C10H8FNO4. The number of carboxylic acids is 1. The van der Waals surface area contributed by atoms with Crippen molar-refractivity contribution in [1.82, 2.24) is 0 Å². The highest BCUT2D eigenvalue weighted by Gasteiger charge is 2.52. The van der Waals surface area contributed by atoms with Gasteiger partial charge in [0.1, 0.15) is 0 Å². The first-order chi connectivity index (χ1) is 7.47. The van der Waals surface area contributed by atoms with Crippen molar-refractivity contribution < 1.29 is 19.2 Å². The SMILES string of the molecule is O=C(O)C1(c2ccc([N+](=O)[O-])c(F)c2)CC1. The van der Waals surface area contributed by atoms with Gasteiger partial charge in [0, 0.05) is 6.07 Å². The number of benzene rings is 1. The monoisotopic (exact) mass is 225 g/mol. The largest absolute Gasteiger partial charge is 0.481 e. The van der Waals surface area contributed by atoms with Gasteiger partial charge in [-0.2, -0.15) is 4.39 Å². The van der Waals surface area contributed by atoms with Gasteiger partial charge in [-0.25, -0.2) is 0 Å². The van der Waals surface area contributed by atoms with E-state index in [9.17, 15) is 19.3 Å². The number of rotatable bonds is 3. The standard InChI is InChI=1S/C10H8FNO4/c11-7-5-6(1-2-8(7)12(15)16)10(3-4-10)9(13)14/h1-2,5H,3-4H2,(H,13,14). The van der Waals surface area contributed by atoms with Gasteiger partial charge < -0.3 is 5.11 Å². The van der Waals surface area contributed by atoms with Gasteiger partial charge in [-0.15, -0.1) is 0 Å². The van der Waals surface area contributed by atoms with Crippen LogP contribution in [0.1, 0.15) is 18.4 Å². The summed E-state index contributed by atoms with van der Waals surface area (Å²) in [7, 11) is 0. The fraction of sp³-hybridized carbons (Fsp3) is 0.300. The van der Waals surface area contributed by atoms with Gasteiger partial charge in [-0.3, -0.25) is 14.9 Å². The van der Waals surface area contributed by atoms with Crippen LogP contribution in [0.3, 0.4) is 0 Å². The van der Waals surface area contributed by atoms with Gasteiger partial charge in [0.2, 0.25) is 5.82 Å². The van der Waals surface area contributed by atoms with Crippen LogP contribution in [0.4, 0.5) is 10.1 Å². The van der Waals surface area contributed by atoms with E-state index in [2.05, 4.69) is 0 Å². The highest BCUT2D eigenvalue weighted by atomic mass is 19.1. The van der Waals surface area contributed by atoms with Crippen LogP contribution in [-0.2, 0) is 10.2 Å². The molecule has 2 rings (SSSR count). The van der Waals surface area contributed by atoms with Gasteiger partial charge in [-0.05, 0) is 24.5 Å². The van der Waals surface area contributed by atoms with Crippen molar-refractivity contribution >= 4 is 11.7 Å². The zero-order valence-electron chi connectivity index (χ0n) is 8.14. The second-order valence-electron chi connectivity index (χ2n) is 3.81. The molecule has 0 spiro atoms. The lowest BCUT2D eigenvalue weighted by Crippen LogP contribution is -2.19. The van der Waals surface area contributed by atoms with E-state index in [1.54, 1.807) is 0 Å². The molecule has 0 aromatic heterocycles. The summed E-state index contributed by atoms with van der Waals surface area (Å²) in [6.45, 7) is 0. The number of nitrogens with zero attached hydrogens (tertiary/aromatic N) is 1. The van der Waals surface area contributed by atoms with E-state index in [4.69, 9.17) is 5.11 Å². The summed E-state index contributed by atoms with van der Waals surface area (Å²) in [5, 5.41) is 19.4. The molecule has 0 amide bonds. The minimum Gasteiger partial charge on any atom is -0.481 e. The van der Waals surface area contributed by atoms with Crippen LogP contribution in [0.25, 0.3) is 0 Å². The quantitative estimate of drug-likeness (QED) is 0.628. The molecule has 1 aliphatic carbocycles. The van der Waals surface area contributed by atoms with E-state index in [-0.39, 0.29) is 0 Å². The van der Waals surface area contributed by atoms with Crippen molar-refractivity contribution in [3.63, 3.8) is 0 Å². The fourth-order valence-corrected chi connectivity index (χ4v) is 1.70. The average Bonchev–Trinajstić information content (AvgIpc) is 2.97. The third-order valence-corrected chi connectivity index (χ3v) is 2.86. The predicted octanol–water partition coefficient (Wildman–Crippen LogP) is 1.85. The Morgan fingerprint density at radius 1 is 1.50 bits per heavy atom. The number of nitro benzene ring substituents is 1. The van der Waals surface area contributed by atoms with Gasteiger partial charge in [0.05, 0.1) is 10.3 Å². The Bertz CT molecular complexity index is 482. The number of hydrogen-bond acceptors (Lipinski definition) is 3. The lowest BCUT2D eigenvalue weighted by Gasteiger charge is -2.09. The Morgan fingerprint density at radius 2 is 2.12 bits per heavy atom. The zero-order valence-corrected chi connectivity index (χ0v) is 8.14. The normalized spacial score (nSPS) is 16.8. The number of carboxylic acid groups (broad SMARTS) is 1. The number of nitro groups is 1. The molecule has 1 N–H and O–H groups in total. The molecular weight excluding hydrogens is 217 g/mol. The van der Waals surface area contributed by atoms with Crippen LogP contribution in [0, 0.1) is 15.9 Å². The Morgan fingerprint density at radius 3 is 2.50 bits per heavy atom. The Balaban J connectivity index is 2.43. The lowest BCUT2D eigenvalue weighted by molar-refractivity contribution is -0.387. The van der Waals surface area contributed by atoms with Crippen molar-refractivity contribution in [2.75, 3.05) is 0 Å². The summed E-state index contributed by atoms with van der Waals surface area (Å²) < 4.78 is 13.3. The van der Waals surface area contributed by atoms with Crippen molar-refractivity contribution in [3.05, 3.63) is 39.7 Å². The van der Waals surface area contributed by atoms with Crippen molar-refractivity contribution in [1.29, 1.82) is 0 Å². The van der Waals surface area contributed by atoms with E-state index < -0.39 is 27.8 Å². The van der Waals surface area contributed by atoms with Crippen molar-refractivity contribution in [2.45, 2.75) is 18.3 Å². The van der Waals surface area contributed by atoms with Gasteiger partial charge >= 0.3 is 11.7 Å². The molecule has 84 valence electrons. The van der Waals surface area contributed by atoms with Gasteiger partial charge in [0.25, 0.3) is 0 Å². The molecule has 0 unspecified atom stereocenters. The molecule has 0 aliphatic heterocycles. The minimum atomic E-state index is -1.03. The van der Waals surface area contributed by atoms with Crippen molar-refractivity contribution in [3.8, 4) is 0 Å². The maximum absolute atomic E-state index is 13.3. The van der Waals surface area contributed by atoms with Crippen LogP contribution < -0.4 is 0 Å². The number of hydrogen-bond donors (Lipinski definition) is 1. The number of aliphatic carboxylic acids is 1. The smallest absolute Gasteiger partial charge is 0.314 e. The first kappa shape index (κ1) is 10.5. The zero-order chi connectivity index (χ0) is 11.9. The summed E-state index contributed by atoms with van der Waals surface area (Å²) in [5.74, 6) is -2.00. The second kappa shape index (κ2) is 3.26. The molecule has 1 aromatic carbocycles. The highest BCUT2D eigenvalue weighted by Crippen LogP contribution is 2.48. The van der Waals surface area contributed by atoms with E-state index in [0.29, 0.717) is 18.4 Å². The molecule has 0 heterocycles. The minimum absolute atomic E-state index is 0.295. The third-order valence-electron chi connectivity index (χ3n) is 2.86. The molecule has 1 saturated carbocycles. The molecule has 5 nitrogen and oxygen atoms in total. The average molecular weight is 225 g/mol. The maximum atomic E-state index is 13.3. The molecule has 0 saturated heterocycles. The molecule has 0 radical (unpaired) electrons. The van der Waals surface area contributed by atoms with Crippen LogP contribution >= 0.6 is 0 Å². The van der Waals surface area contributed by atoms with Crippen LogP contribution in [0.5, 0.6) is 0 Å². The van der Waals surface area contributed by atoms with E-state index in [1.165, 1.54) is 6.07 Å². The second-order valence-corrected chi connectivity index (χ2v) is 3.81. The molecule has 1 aromatic rings. The number of carbonyl (C=O) groups is 1. The predicted molar refractivity (Wildman–Crippen MR) is 51.6 cm³/mol. The molecule has 16 heavy (non-hydrogen) atoms. The van der Waals surface area contributed by atoms with Crippen LogP contribution in [-0.4, -0.2) is 16.0 Å². The maximum Gasteiger partial charge on any atom is 0.314 e. The Kier molecular flexibility index (Phi) is 2.15. The van der Waals surface area contributed by atoms with E-state index in [0.717, 1.165) is 12.1 Å². The summed E-state index contributed by atoms with van der Waals surface area (Å²) in [6, 6.07) is 3.26. The van der Waals surface area contributed by atoms with Gasteiger partial charge in [-0.1, -0.05) is 6.07 Å². The van der Waals surface area contributed by atoms with E-state index >= 15 is 0 Å². The topological polar surface area (TPSA) is 80.4 Å². The van der Waals surface area contributed by atoms with E-state index in [1.807, 2.05) is 0 Å². The lowest BCUT2D eigenvalue weighted by atomic mass is 9.96. The first-order valence-corrected chi connectivity index (χ1v) is 4.65. The van der Waals surface area contributed by atoms with Gasteiger partial charge in [0.15, 0.2) is 0 Å². The Labute approximate surface area is 89.7 Å². The molecule has 6 heteroatoms. The molecule has 0 bridgehead atoms. The van der Waals surface area contributed by atoms with Crippen molar-refractivity contribution in [2.24, 2.45) is 0 Å². The first-order valence-electron chi connectivity index (χ1n) is 4.65. The highest BCUT2D eigenvalue weighted by molar-refractivity contribution is 5.85. The summed E-state index contributed by atoms with van der Waals surface area (Å²) >= 11 is 0. The fourth-order valence-electron chi connectivity index (χ4n) is 1.70. The molecule has 1 fully saturated rings. The van der Waals surface area contributed by atoms with Crippen LogP contribution in [0.15, 0.2) is 18.2 Å². The number of halogens is 1. The molecule has 1 aliphatic rings. The summed E-state index contributed by atoms with van der Waals surface area (Å²) in [6.07, 6.45) is 0.888. The summed E-state index contributed by atoms with van der Waals surface area (Å²) in [4.78, 5) is 20.5. The summed E-state index contributed by atoms with van der Waals surface area (Å²) in [5.41, 5.74) is -1.37. The third kappa shape index (κ3) is 1.42.